The highest BCUT2D eigenvalue weighted by molar-refractivity contribution is 5.89. The van der Waals surface area contributed by atoms with Crippen LogP contribution in [0.4, 0.5) is 16.2 Å². The topological polar surface area (TPSA) is 100 Å². The highest BCUT2D eigenvalue weighted by Crippen LogP contribution is 2.32. The summed E-state index contributed by atoms with van der Waals surface area (Å²) >= 11 is 0. The lowest BCUT2D eigenvalue weighted by Crippen LogP contribution is -2.40. The first kappa shape index (κ1) is 24.3. The van der Waals surface area contributed by atoms with E-state index in [9.17, 15) is 4.79 Å². The first-order valence-electron chi connectivity index (χ1n) is 12.7. The minimum Gasteiger partial charge on any atom is -0.493 e. The van der Waals surface area contributed by atoms with Gasteiger partial charge in [-0.15, -0.1) is 0 Å². The van der Waals surface area contributed by atoms with Crippen LogP contribution in [0.25, 0.3) is 10.9 Å². The third-order valence-electron chi connectivity index (χ3n) is 6.87. The number of anilines is 2. The number of hydrogen-bond acceptors (Lipinski definition) is 7. The molecule has 9 heteroatoms. The Bertz CT molecular complexity index is 1160. The van der Waals surface area contributed by atoms with Gasteiger partial charge in [0.2, 0.25) is 0 Å². The number of nitrogens with zero attached hydrogens (tertiary/aromatic N) is 4. The maximum Gasteiger partial charge on any atom is 0.321 e. The summed E-state index contributed by atoms with van der Waals surface area (Å²) in [5.74, 6) is 1.01. The number of aliphatic hydroxyl groups is 1. The van der Waals surface area contributed by atoms with Gasteiger partial charge in [0.15, 0.2) is 0 Å². The molecule has 2 amide bonds. The van der Waals surface area contributed by atoms with Crippen molar-refractivity contribution in [1.82, 2.24) is 14.9 Å². The van der Waals surface area contributed by atoms with E-state index in [2.05, 4.69) is 32.3 Å². The second-order valence-corrected chi connectivity index (χ2v) is 9.20. The van der Waals surface area contributed by atoms with Crippen molar-refractivity contribution in [2.45, 2.75) is 25.2 Å². The average Bonchev–Trinajstić information content (AvgIpc) is 2.94. The minimum atomic E-state index is -0.0650. The van der Waals surface area contributed by atoms with Crippen molar-refractivity contribution >= 4 is 28.3 Å². The summed E-state index contributed by atoms with van der Waals surface area (Å²) in [6.45, 7) is 5.21. The van der Waals surface area contributed by atoms with Crippen LogP contribution in [0.3, 0.4) is 0 Å². The molecule has 0 unspecified atom stereocenters. The number of likely N-dealkylation sites (tertiary alicyclic amines) is 1. The third-order valence-corrected chi connectivity index (χ3v) is 6.87. The van der Waals surface area contributed by atoms with Crippen molar-refractivity contribution in [3.8, 4) is 5.75 Å². The molecule has 0 radical (unpaired) electrons. The predicted molar refractivity (Wildman–Crippen MR) is 139 cm³/mol. The van der Waals surface area contributed by atoms with Crippen LogP contribution in [-0.4, -0.2) is 78.6 Å². The van der Waals surface area contributed by atoms with Gasteiger partial charge >= 0.3 is 6.03 Å². The molecule has 3 aromatic rings. The molecule has 3 heterocycles. The summed E-state index contributed by atoms with van der Waals surface area (Å²) < 4.78 is 11.1. The SMILES string of the molecule is O=C(Nc1ccc(N2CCOCC2)cc1)N1CCC(c2ncnc3cc(OCCCO)ccc23)CC1. The molecule has 0 aliphatic carbocycles. The number of carbonyl (C=O) groups excluding carboxylic acids is 1. The van der Waals surface area contributed by atoms with E-state index in [0.29, 0.717) is 26.1 Å². The van der Waals surface area contributed by atoms with Gasteiger partial charge in [0.05, 0.1) is 31.0 Å². The molecule has 1 aromatic heterocycles. The Morgan fingerprint density at radius 1 is 1.06 bits per heavy atom. The standard InChI is InChI=1S/C27H33N5O4/c33-14-1-15-36-23-6-7-24-25(18-23)28-19-29-26(24)20-8-10-32(11-9-20)27(34)30-21-2-4-22(5-3-21)31-12-16-35-17-13-31/h2-7,18-20,33H,1,8-17H2,(H,30,34). The zero-order chi connectivity index (χ0) is 24.7. The second kappa shape index (κ2) is 11.5. The van der Waals surface area contributed by atoms with Crippen LogP contribution in [-0.2, 0) is 4.74 Å². The van der Waals surface area contributed by atoms with Gasteiger partial charge in [-0.3, -0.25) is 0 Å². The average molecular weight is 492 g/mol. The number of benzene rings is 2. The number of morpholine rings is 1. The molecule has 2 aromatic carbocycles. The van der Waals surface area contributed by atoms with E-state index in [-0.39, 0.29) is 18.6 Å². The molecule has 2 aliphatic rings. The zero-order valence-electron chi connectivity index (χ0n) is 20.4. The Balaban J connectivity index is 1.17. The van der Waals surface area contributed by atoms with Crippen LogP contribution >= 0.6 is 0 Å². The molecule has 5 rings (SSSR count). The Kier molecular flexibility index (Phi) is 7.78. The molecule has 2 fully saturated rings. The van der Waals surface area contributed by atoms with Crippen LogP contribution in [0, 0.1) is 0 Å². The number of hydrogen-bond donors (Lipinski definition) is 2. The number of piperidine rings is 1. The fraction of sp³-hybridized carbons (Fsp3) is 0.444. The van der Waals surface area contributed by atoms with Gasteiger partial charge in [0, 0.05) is 68.0 Å². The fourth-order valence-electron chi connectivity index (χ4n) is 4.86. The monoisotopic (exact) mass is 491 g/mol. The van der Waals surface area contributed by atoms with Crippen LogP contribution in [0.2, 0.25) is 0 Å². The highest BCUT2D eigenvalue weighted by atomic mass is 16.5. The number of aromatic nitrogens is 2. The van der Waals surface area contributed by atoms with E-state index in [1.54, 1.807) is 6.33 Å². The van der Waals surface area contributed by atoms with E-state index in [1.807, 2.05) is 35.2 Å². The van der Waals surface area contributed by atoms with Gasteiger partial charge in [-0.25, -0.2) is 14.8 Å². The van der Waals surface area contributed by atoms with Gasteiger partial charge in [-0.2, -0.15) is 0 Å². The van der Waals surface area contributed by atoms with Crippen LogP contribution < -0.4 is 15.0 Å². The van der Waals surface area contributed by atoms with E-state index >= 15 is 0 Å². The lowest BCUT2D eigenvalue weighted by atomic mass is 9.91. The van der Waals surface area contributed by atoms with Gasteiger partial charge in [0.25, 0.3) is 0 Å². The summed E-state index contributed by atoms with van der Waals surface area (Å²) in [6, 6.07) is 13.8. The maximum atomic E-state index is 12.9. The van der Waals surface area contributed by atoms with Crippen molar-refractivity contribution in [1.29, 1.82) is 0 Å². The molecule has 2 aliphatic heterocycles. The fourth-order valence-corrected chi connectivity index (χ4v) is 4.86. The van der Waals surface area contributed by atoms with E-state index < -0.39 is 0 Å². The third kappa shape index (κ3) is 5.68. The zero-order valence-corrected chi connectivity index (χ0v) is 20.4. The van der Waals surface area contributed by atoms with Crippen molar-refractivity contribution in [2.24, 2.45) is 0 Å². The number of carbonyl (C=O) groups is 1. The first-order chi connectivity index (χ1) is 17.7. The Morgan fingerprint density at radius 2 is 1.83 bits per heavy atom. The van der Waals surface area contributed by atoms with Crippen LogP contribution in [0.5, 0.6) is 5.75 Å². The number of nitrogens with one attached hydrogen (secondary N) is 1. The van der Waals surface area contributed by atoms with E-state index in [0.717, 1.165) is 72.9 Å². The van der Waals surface area contributed by atoms with Gasteiger partial charge < -0.3 is 29.7 Å². The number of rotatable bonds is 7. The maximum absolute atomic E-state index is 12.9. The number of amides is 2. The molecule has 0 atom stereocenters. The minimum absolute atomic E-state index is 0.0650. The smallest absolute Gasteiger partial charge is 0.321 e. The molecule has 9 nitrogen and oxygen atoms in total. The lowest BCUT2D eigenvalue weighted by Gasteiger charge is -2.32. The largest absolute Gasteiger partial charge is 0.493 e. The number of urea groups is 1. The lowest BCUT2D eigenvalue weighted by molar-refractivity contribution is 0.122. The summed E-state index contributed by atoms with van der Waals surface area (Å²) in [5.41, 5.74) is 3.83. The second-order valence-electron chi connectivity index (χ2n) is 9.20. The molecule has 0 spiro atoms. The van der Waals surface area contributed by atoms with Crippen molar-refractivity contribution < 1.29 is 19.4 Å². The van der Waals surface area contributed by atoms with Gasteiger partial charge in [-0.05, 0) is 49.2 Å². The molecular weight excluding hydrogens is 458 g/mol. The molecular formula is C27H33N5O4. The molecule has 190 valence electrons. The van der Waals surface area contributed by atoms with Gasteiger partial charge in [0.1, 0.15) is 12.1 Å². The summed E-state index contributed by atoms with van der Waals surface area (Å²) in [6.07, 6.45) is 3.91. The number of aliphatic hydroxyl groups excluding tert-OH is 1. The molecule has 0 bridgehead atoms. The predicted octanol–water partition coefficient (Wildman–Crippen LogP) is 3.64. The van der Waals surface area contributed by atoms with Crippen LogP contribution in [0.1, 0.15) is 30.9 Å². The molecule has 36 heavy (non-hydrogen) atoms. The molecule has 0 saturated carbocycles. The van der Waals surface area contributed by atoms with Crippen molar-refractivity contribution in [3.05, 3.63) is 54.5 Å². The first-order valence-corrected chi connectivity index (χ1v) is 12.7. The number of fused-ring (bicyclic) bond motifs is 1. The summed E-state index contributed by atoms with van der Waals surface area (Å²) in [5, 5.41) is 13.0. The number of ether oxygens (including phenoxy) is 2. The highest BCUT2D eigenvalue weighted by Gasteiger charge is 2.26. The van der Waals surface area contributed by atoms with Crippen LogP contribution in [0.15, 0.2) is 48.8 Å². The van der Waals surface area contributed by atoms with Crippen molar-refractivity contribution in [2.75, 3.05) is 62.8 Å². The Labute approximate surface area is 211 Å². The molecule has 2 saturated heterocycles. The van der Waals surface area contributed by atoms with E-state index in [1.165, 1.54) is 0 Å². The Morgan fingerprint density at radius 3 is 2.58 bits per heavy atom. The normalized spacial score (nSPS) is 16.8. The quantitative estimate of drug-likeness (QED) is 0.487. The summed E-state index contributed by atoms with van der Waals surface area (Å²) in [4.78, 5) is 26.1. The summed E-state index contributed by atoms with van der Waals surface area (Å²) in [7, 11) is 0. The van der Waals surface area contributed by atoms with Gasteiger partial charge in [-0.1, -0.05) is 0 Å². The Hall–Kier alpha value is -3.43. The van der Waals surface area contributed by atoms with Crippen molar-refractivity contribution in [3.63, 3.8) is 0 Å². The van der Waals surface area contributed by atoms with E-state index in [4.69, 9.17) is 14.6 Å². The molecule has 2 N–H and O–H groups in total.